The van der Waals surface area contributed by atoms with Gasteiger partial charge in [0.25, 0.3) is 5.78 Å². The number of anilines is 1. The van der Waals surface area contributed by atoms with E-state index in [1.54, 1.807) is 0 Å². The van der Waals surface area contributed by atoms with Crippen molar-refractivity contribution < 1.29 is 13.2 Å². The van der Waals surface area contributed by atoms with Crippen LogP contribution in [0.15, 0.2) is 12.4 Å². The molecule has 3 rings (SSSR count). The quantitative estimate of drug-likeness (QED) is 0.942. The Bertz CT molecular complexity index is 617. The highest BCUT2D eigenvalue weighted by Crippen LogP contribution is 2.33. The normalized spacial score (nSPS) is 18.0. The van der Waals surface area contributed by atoms with Crippen LogP contribution in [0.1, 0.15) is 31.9 Å². The fourth-order valence-electron chi connectivity index (χ4n) is 2.35. The molecule has 0 aliphatic heterocycles. The van der Waals surface area contributed by atoms with Crippen molar-refractivity contribution in [1.29, 1.82) is 0 Å². The number of hydrogen-bond donors (Lipinski definition) is 1. The molecule has 5 nitrogen and oxygen atoms in total. The lowest BCUT2D eigenvalue weighted by molar-refractivity contribution is -0.141. The van der Waals surface area contributed by atoms with Gasteiger partial charge < -0.3 is 5.32 Å². The number of nitrogens with one attached hydrogen (secondary N) is 1. The molecule has 0 saturated heterocycles. The second-order valence-corrected chi connectivity index (χ2v) is 5.12. The topological polar surface area (TPSA) is 55.1 Å². The number of aromatic nitrogens is 4. The average molecular weight is 285 g/mol. The highest BCUT2D eigenvalue weighted by molar-refractivity contribution is 5.46. The van der Waals surface area contributed by atoms with Crippen molar-refractivity contribution >= 4 is 11.6 Å². The molecule has 1 N–H and O–H groups in total. The summed E-state index contributed by atoms with van der Waals surface area (Å²) in [6, 6.07) is 1.08. The molecule has 20 heavy (non-hydrogen) atoms. The van der Waals surface area contributed by atoms with E-state index in [0.717, 1.165) is 18.9 Å². The fraction of sp³-hybridized carbons (Fsp3) is 0.583. The van der Waals surface area contributed by atoms with Crippen LogP contribution in [0, 0.1) is 5.92 Å². The maximum atomic E-state index is 12.8. The third-order valence-electron chi connectivity index (χ3n) is 3.77. The van der Waals surface area contributed by atoms with Crippen molar-refractivity contribution in [2.24, 2.45) is 5.92 Å². The van der Waals surface area contributed by atoms with Crippen LogP contribution in [-0.4, -0.2) is 25.6 Å². The molecule has 0 radical (unpaired) electrons. The van der Waals surface area contributed by atoms with Gasteiger partial charge in [0.15, 0.2) is 5.69 Å². The molecule has 1 saturated carbocycles. The molecule has 1 unspecified atom stereocenters. The lowest BCUT2D eigenvalue weighted by atomic mass is 9.80. The zero-order valence-corrected chi connectivity index (χ0v) is 10.9. The number of nitrogens with zero attached hydrogens (tertiary/aromatic N) is 4. The molecule has 0 amide bonds. The van der Waals surface area contributed by atoms with Gasteiger partial charge in [-0.05, 0) is 25.7 Å². The predicted octanol–water partition coefficient (Wildman–Crippen LogP) is 2.74. The average Bonchev–Trinajstić information content (AvgIpc) is 2.73. The van der Waals surface area contributed by atoms with Crippen LogP contribution in [-0.2, 0) is 6.18 Å². The number of fused-ring (bicyclic) bond motifs is 1. The van der Waals surface area contributed by atoms with Crippen molar-refractivity contribution in [3.8, 4) is 0 Å². The Morgan fingerprint density at radius 3 is 2.75 bits per heavy atom. The molecule has 2 heterocycles. The summed E-state index contributed by atoms with van der Waals surface area (Å²) in [7, 11) is 0. The molecule has 1 fully saturated rings. The standard InChI is InChI=1S/C12H14F3N5/c1-7(8-3-2-4-8)18-10-5-9(12(13,14)15)19-11-16-6-17-20(10)11/h5-8,18H,2-4H2,1H3. The minimum atomic E-state index is -4.50. The smallest absolute Gasteiger partial charge is 0.367 e. The monoisotopic (exact) mass is 285 g/mol. The van der Waals surface area contributed by atoms with E-state index in [9.17, 15) is 13.2 Å². The van der Waals surface area contributed by atoms with Gasteiger partial charge in [-0.15, -0.1) is 0 Å². The molecule has 0 bridgehead atoms. The zero-order chi connectivity index (χ0) is 14.3. The molecule has 2 aromatic rings. The van der Waals surface area contributed by atoms with Crippen LogP contribution in [0.5, 0.6) is 0 Å². The highest BCUT2D eigenvalue weighted by atomic mass is 19.4. The van der Waals surface area contributed by atoms with E-state index in [2.05, 4.69) is 20.4 Å². The number of rotatable bonds is 3. The summed E-state index contributed by atoms with van der Waals surface area (Å²) < 4.78 is 39.8. The number of halogens is 3. The van der Waals surface area contributed by atoms with Gasteiger partial charge in [-0.1, -0.05) is 6.42 Å². The summed E-state index contributed by atoms with van der Waals surface area (Å²) in [6.07, 6.45) is 0.0862. The molecule has 108 valence electrons. The fourth-order valence-corrected chi connectivity index (χ4v) is 2.35. The lowest BCUT2D eigenvalue weighted by Crippen LogP contribution is -2.31. The molecule has 8 heteroatoms. The first-order valence-electron chi connectivity index (χ1n) is 6.49. The van der Waals surface area contributed by atoms with E-state index in [1.165, 1.54) is 17.3 Å². The molecule has 0 spiro atoms. The SMILES string of the molecule is CC(Nc1cc(C(F)(F)F)nc2ncnn12)C1CCC1. The van der Waals surface area contributed by atoms with Crippen LogP contribution in [0.3, 0.4) is 0 Å². The van der Waals surface area contributed by atoms with Crippen LogP contribution in [0.4, 0.5) is 19.0 Å². The van der Waals surface area contributed by atoms with Gasteiger partial charge >= 0.3 is 6.18 Å². The molecule has 1 atom stereocenters. The van der Waals surface area contributed by atoms with Crippen molar-refractivity contribution in [2.75, 3.05) is 5.32 Å². The molecule has 0 aromatic carbocycles. The van der Waals surface area contributed by atoms with Gasteiger partial charge in [0.2, 0.25) is 0 Å². The van der Waals surface area contributed by atoms with Crippen LogP contribution in [0.2, 0.25) is 0 Å². The first-order valence-corrected chi connectivity index (χ1v) is 6.49. The largest absolute Gasteiger partial charge is 0.433 e. The molecule has 1 aliphatic carbocycles. The van der Waals surface area contributed by atoms with Gasteiger partial charge in [0.05, 0.1) is 0 Å². The van der Waals surface area contributed by atoms with E-state index in [1.807, 2.05) is 6.92 Å². The van der Waals surface area contributed by atoms with Gasteiger partial charge in [0.1, 0.15) is 12.1 Å². The van der Waals surface area contributed by atoms with Crippen molar-refractivity contribution in [2.45, 2.75) is 38.4 Å². The predicted molar refractivity (Wildman–Crippen MR) is 66.2 cm³/mol. The van der Waals surface area contributed by atoms with Crippen LogP contribution in [0.25, 0.3) is 5.78 Å². The zero-order valence-electron chi connectivity index (χ0n) is 10.9. The molecular weight excluding hydrogens is 271 g/mol. The number of alkyl halides is 3. The third kappa shape index (κ3) is 2.30. The highest BCUT2D eigenvalue weighted by Gasteiger charge is 2.34. The lowest BCUT2D eigenvalue weighted by Gasteiger charge is -2.32. The maximum Gasteiger partial charge on any atom is 0.433 e. The Kier molecular flexibility index (Phi) is 3.02. The molecular formula is C12H14F3N5. The van der Waals surface area contributed by atoms with E-state index in [-0.39, 0.29) is 17.6 Å². The van der Waals surface area contributed by atoms with Gasteiger partial charge in [-0.25, -0.2) is 4.98 Å². The first-order chi connectivity index (χ1) is 9.45. The Balaban J connectivity index is 1.97. The summed E-state index contributed by atoms with van der Waals surface area (Å²) in [5.41, 5.74) is -0.957. The van der Waals surface area contributed by atoms with Crippen molar-refractivity contribution in [3.63, 3.8) is 0 Å². The summed E-state index contributed by atoms with van der Waals surface area (Å²) in [4.78, 5) is 7.22. The Labute approximate surface area is 113 Å². The minimum Gasteiger partial charge on any atom is -0.367 e. The maximum absolute atomic E-state index is 12.8. The van der Waals surface area contributed by atoms with Crippen molar-refractivity contribution in [3.05, 3.63) is 18.1 Å². The van der Waals surface area contributed by atoms with Crippen molar-refractivity contribution in [1.82, 2.24) is 19.6 Å². The van der Waals surface area contributed by atoms with Crippen LogP contribution < -0.4 is 5.32 Å². The third-order valence-corrected chi connectivity index (χ3v) is 3.77. The summed E-state index contributed by atoms with van der Waals surface area (Å²) in [6.45, 7) is 1.97. The van der Waals surface area contributed by atoms with E-state index < -0.39 is 11.9 Å². The number of hydrogen-bond acceptors (Lipinski definition) is 4. The Morgan fingerprint density at radius 2 is 2.15 bits per heavy atom. The first kappa shape index (κ1) is 13.1. The summed E-state index contributed by atoms with van der Waals surface area (Å²) >= 11 is 0. The second-order valence-electron chi connectivity index (χ2n) is 5.12. The molecule has 1 aliphatic rings. The Morgan fingerprint density at radius 1 is 1.40 bits per heavy atom. The summed E-state index contributed by atoms with van der Waals surface area (Å²) in [5.74, 6) is 0.721. The molecule has 2 aromatic heterocycles. The summed E-state index contributed by atoms with van der Waals surface area (Å²) in [5, 5.41) is 7.02. The van der Waals surface area contributed by atoms with E-state index in [4.69, 9.17) is 0 Å². The minimum absolute atomic E-state index is 0.0527. The second kappa shape index (κ2) is 4.60. The van der Waals surface area contributed by atoms with E-state index >= 15 is 0 Å². The van der Waals surface area contributed by atoms with Gasteiger partial charge in [0, 0.05) is 12.1 Å². The van der Waals surface area contributed by atoms with E-state index in [0.29, 0.717) is 5.92 Å². The van der Waals surface area contributed by atoms with Crippen LogP contribution >= 0.6 is 0 Å². The Hall–Kier alpha value is -1.86. The van der Waals surface area contributed by atoms with Gasteiger partial charge in [-0.2, -0.15) is 27.8 Å². The van der Waals surface area contributed by atoms with Gasteiger partial charge in [-0.3, -0.25) is 0 Å².